The first-order valence-electron chi connectivity index (χ1n) is 7.10. The van der Waals surface area contributed by atoms with Crippen molar-refractivity contribution < 1.29 is 14.6 Å². The number of halogens is 1. The zero-order valence-corrected chi connectivity index (χ0v) is 13.5. The first-order chi connectivity index (χ1) is 10.6. The van der Waals surface area contributed by atoms with Gasteiger partial charge in [-0.15, -0.1) is 0 Å². The number of hydrogen-bond donors (Lipinski definition) is 1. The number of benzene rings is 2. The number of nitrogens with zero attached hydrogens (tertiary/aromatic N) is 1. The van der Waals surface area contributed by atoms with Gasteiger partial charge in [-0.05, 0) is 45.1 Å². The van der Waals surface area contributed by atoms with Crippen LogP contribution in [0.1, 0.15) is 16.7 Å². The van der Waals surface area contributed by atoms with Crippen LogP contribution in [0.2, 0.25) is 0 Å². The third-order valence-electron chi connectivity index (χ3n) is 3.78. The highest BCUT2D eigenvalue weighted by molar-refractivity contribution is 9.10. The lowest BCUT2D eigenvalue weighted by atomic mass is 10.00. The lowest BCUT2D eigenvalue weighted by molar-refractivity contribution is 0.0918. The Bertz CT molecular complexity index is 688. The minimum absolute atomic E-state index is 0.235. The molecule has 0 unspecified atom stereocenters. The van der Waals surface area contributed by atoms with E-state index < -0.39 is 0 Å². The van der Waals surface area contributed by atoms with Gasteiger partial charge in [-0.25, -0.2) is 4.79 Å². The molecule has 0 atom stereocenters. The summed E-state index contributed by atoms with van der Waals surface area (Å²) in [5.41, 5.74) is 3.07. The zero-order valence-electron chi connectivity index (χ0n) is 12.0. The summed E-state index contributed by atoms with van der Waals surface area (Å²) < 4.78 is 6.09. The molecule has 0 saturated carbocycles. The van der Waals surface area contributed by atoms with Crippen LogP contribution in [0.3, 0.4) is 0 Å². The Hall–Kier alpha value is -2.01. The van der Waals surface area contributed by atoms with Crippen LogP contribution in [0.25, 0.3) is 0 Å². The molecule has 4 nitrogen and oxygen atoms in total. The van der Waals surface area contributed by atoms with Crippen molar-refractivity contribution in [2.24, 2.45) is 0 Å². The smallest absolute Gasteiger partial charge is 0.410 e. The fourth-order valence-corrected chi connectivity index (χ4v) is 3.15. The molecule has 0 aliphatic carbocycles. The van der Waals surface area contributed by atoms with Gasteiger partial charge < -0.3 is 14.7 Å². The summed E-state index contributed by atoms with van der Waals surface area (Å²) in [6.07, 6.45) is 0.392. The van der Waals surface area contributed by atoms with E-state index >= 15 is 0 Å². The quantitative estimate of drug-likeness (QED) is 0.883. The van der Waals surface area contributed by atoms with E-state index in [0.717, 1.165) is 21.2 Å². The van der Waals surface area contributed by atoms with Crippen molar-refractivity contribution in [1.29, 1.82) is 0 Å². The van der Waals surface area contributed by atoms with Gasteiger partial charge in [0.05, 0.1) is 4.47 Å². The van der Waals surface area contributed by atoms with Crippen LogP contribution in [-0.2, 0) is 24.3 Å². The van der Waals surface area contributed by atoms with E-state index in [-0.39, 0.29) is 18.4 Å². The monoisotopic (exact) mass is 361 g/mol. The van der Waals surface area contributed by atoms with E-state index in [9.17, 15) is 9.90 Å². The van der Waals surface area contributed by atoms with Crippen LogP contribution < -0.4 is 0 Å². The maximum atomic E-state index is 12.2. The summed E-state index contributed by atoms with van der Waals surface area (Å²) in [5, 5.41) is 9.71. The molecule has 0 fully saturated rings. The molecule has 0 bridgehead atoms. The van der Waals surface area contributed by atoms with Gasteiger partial charge in [0, 0.05) is 13.1 Å². The minimum Gasteiger partial charge on any atom is -0.507 e. The van der Waals surface area contributed by atoms with Crippen LogP contribution in [-0.4, -0.2) is 22.6 Å². The van der Waals surface area contributed by atoms with Crippen molar-refractivity contribution in [1.82, 2.24) is 4.90 Å². The molecule has 2 aromatic carbocycles. The minimum atomic E-state index is -0.307. The lowest BCUT2D eigenvalue weighted by Crippen LogP contribution is -2.36. The Labute approximate surface area is 137 Å². The third kappa shape index (κ3) is 3.09. The van der Waals surface area contributed by atoms with Gasteiger partial charge in [0.25, 0.3) is 0 Å². The van der Waals surface area contributed by atoms with Crippen LogP contribution >= 0.6 is 15.9 Å². The second kappa shape index (κ2) is 6.40. The maximum absolute atomic E-state index is 12.2. The van der Waals surface area contributed by atoms with Gasteiger partial charge in [-0.1, -0.05) is 36.4 Å². The SMILES string of the molecule is O=C(OCc1ccccc1)N1CCc2c(ccc(O)c2Br)C1. The average Bonchev–Trinajstić information content (AvgIpc) is 2.56. The number of carbonyl (C=O) groups excluding carboxylic acids is 1. The van der Waals surface area contributed by atoms with E-state index in [1.807, 2.05) is 36.4 Å². The number of carbonyl (C=O) groups is 1. The van der Waals surface area contributed by atoms with E-state index in [2.05, 4.69) is 15.9 Å². The first-order valence-corrected chi connectivity index (χ1v) is 7.89. The molecular weight excluding hydrogens is 346 g/mol. The van der Waals surface area contributed by atoms with E-state index in [0.29, 0.717) is 19.5 Å². The van der Waals surface area contributed by atoms with Crippen molar-refractivity contribution in [2.75, 3.05) is 6.54 Å². The lowest BCUT2D eigenvalue weighted by Gasteiger charge is -2.29. The summed E-state index contributed by atoms with van der Waals surface area (Å²) in [6.45, 7) is 1.37. The number of amides is 1. The van der Waals surface area contributed by atoms with Crippen molar-refractivity contribution in [3.63, 3.8) is 0 Å². The molecule has 114 valence electrons. The number of hydrogen-bond acceptors (Lipinski definition) is 3. The zero-order chi connectivity index (χ0) is 15.5. The molecular formula is C17H16BrNO3. The molecule has 1 amide bonds. The van der Waals surface area contributed by atoms with Crippen molar-refractivity contribution in [2.45, 2.75) is 19.6 Å². The number of rotatable bonds is 2. The predicted octanol–water partition coefficient (Wildman–Crippen LogP) is 3.85. The van der Waals surface area contributed by atoms with Gasteiger partial charge >= 0.3 is 6.09 Å². The number of aromatic hydroxyl groups is 1. The molecule has 0 spiro atoms. The van der Waals surface area contributed by atoms with Gasteiger partial charge in [0.2, 0.25) is 0 Å². The summed E-state index contributed by atoms with van der Waals surface area (Å²) in [6, 6.07) is 13.1. The molecule has 1 aliphatic rings. The molecule has 1 aliphatic heterocycles. The summed E-state index contributed by atoms with van der Waals surface area (Å²) in [5.74, 6) is 0.235. The molecule has 3 rings (SSSR count). The van der Waals surface area contributed by atoms with Gasteiger partial charge in [0.15, 0.2) is 0 Å². The second-order valence-corrected chi connectivity index (χ2v) is 6.04. The van der Waals surface area contributed by atoms with E-state index in [4.69, 9.17) is 4.74 Å². The van der Waals surface area contributed by atoms with Gasteiger partial charge in [0.1, 0.15) is 12.4 Å². The maximum Gasteiger partial charge on any atom is 0.410 e. The van der Waals surface area contributed by atoms with Crippen LogP contribution in [0.15, 0.2) is 46.9 Å². The average molecular weight is 362 g/mol. The Kier molecular flexibility index (Phi) is 4.34. The molecule has 1 heterocycles. The Morgan fingerprint density at radius 3 is 2.77 bits per heavy atom. The highest BCUT2D eigenvalue weighted by atomic mass is 79.9. The molecule has 0 aromatic heterocycles. The molecule has 2 aromatic rings. The number of fused-ring (bicyclic) bond motifs is 1. The van der Waals surface area contributed by atoms with Gasteiger partial charge in [-0.2, -0.15) is 0 Å². The largest absolute Gasteiger partial charge is 0.507 e. The normalized spacial score (nSPS) is 13.6. The van der Waals surface area contributed by atoms with Crippen LogP contribution in [0.5, 0.6) is 5.75 Å². The molecule has 0 saturated heterocycles. The Morgan fingerprint density at radius 2 is 2.00 bits per heavy atom. The highest BCUT2D eigenvalue weighted by Gasteiger charge is 2.24. The molecule has 22 heavy (non-hydrogen) atoms. The van der Waals surface area contributed by atoms with Crippen molar-refractivity contribution >= 4 is 22.0 Å². The topological polar surface area (TPSA) is 49.8 Å². The Balaban J connectivity index is 1.64. The number of phenols is 1. The highest BCUT2D eigenvalue weighted by Crippen LogP contribution is 2.33. The van der Waals surface area contributed by atoms with Crippen LogP contribution in [0, 0.1) is 0 Å². The fourth-order valence-electron chi connectivity index (χ4n) is 2.57. The molecule has 0 radical (unpaired) electrons. The van der Waals surface area contributed by atoms with Crippen LogP contribution in [0.4, 0.5) is 4.79 Å². The number of phenolic OH excluding ortho intramolecular Hbond substituents is 1. The summed E-state index contributed by atoms with van der Waals surface area (Å²) in [7, 11) is 0. The first kappa shape index (κ1) is 14.9. The molecule has 5 heteroatoms. The summed E-state index contributed by atoms with van der Waals surface area (Å²) in [4.78, 5) is 13.9. The standard InChI is InChI=1S/C17H16BrNO3/c18-16-14-8-9-19(10-13(14)6-7-15(16)20)17(21)22-11-12-4-2-1-3-5-12/h1-7,20H,8-11H2. The number of ether oxygens (including phenoxy) is 1. The van der Waals surface area contributed by atoms with E-state index in [1.165, 1.54) is 0 Å². The second-order valence-electron chi connectivity index (χ2n) is 5.25. The summed E-state index contributed by atoms with van der Waals surface area (Å²) >= 11 is 3.40. The Morgan fingerprint density at radius 1 is 1.23 bits per heavy atom. The van der Waals surface area contributed by atoms with Gasteiger partial charge in [-0.3, -0.25) is 0 Å². The molecule has 1 N–H and O–H groups in total. The van der Waals surface area contributed by atoms with Crippen molar-refractivity contribution in [3.05, 3.63) is 63.6 Å². The third-order valence-corrected chi connectivity index (χ3v) is 4.66. The fraction of sp³-hybridized carbons (Fsp3) is 0.235. The van der Waals surface area contributed by atoms with E-state index in [1.54, 1.807) is 11.0 Å². The predicted molar refractivity (Wildman–Crippen MR) is 86.5 cm³/mol. The van der Waals surface area contributed by atoms with Crippen molar-refractivity contribution in [3.8, 4) is 5.75 Å².